The summed E-state index contributed by atoms with van der Waals surface area (Å²) in [6, 6.07) is 18.9. The summed E-state index contributed by atoms with van der Waals surface area (Å²) in [5.41, 5.74) is 4.54. The minimum Gasteiger partial charge on any atom is -0.378 e. The number of aromatic nitrogens is 2. The number of nitrogens with zero attached hydrogens (tertiary/aromatic N) is 3. The van der Waals surface area contributed by atoms with E-state index in [4.69, 9.17) is 0 Å². The summed E-state index contributed by atoms with van der Waals surface area (Å²) >= 11 is 0. The van der Waals surface area contributed by atoms with Gasteiger partial charge < -0.3 is 10.2 Å². The van der Waals surface area contributed by atoms with Crippen LogP contribution < -0.4 is 15.8 Å². The first-order chi connectivity index (χ1) is 13.9. The number of anilines is 2. The van der Waals surface area contributed by atoms with Crippen LogP contribution >= 0.6 is 0 Å². The van der Waals surface area contributed by atoms with Crippen LogP contribution in [-0.4, -0.2) is 29.8 Å². The number of nitrogens with one attached hydrogen (secondary N) is 1. The average Bonchev–Trinajstić information content (AvgIpc) is 2.70. The van der Waals surface area contributed by atoms with Crippen molar-refractivity contribution in [3.8, 4) is 11.3 Å². The summed E-state index contributed by atoms with van der Waals surface area (Å²) in [5.74, 6) is -0.0784. The van der Waals surface area contributed by atoms with E-state index in [0.29, 0.717) is 19.4 Å². The quantitative estimate of drug-likeness (QED) is 0.668. The number of carbonyl (C=O) groups is 1. The minimum atomic E-state index is -0.166. The molecule has 29 heavy (non-hydrogen) atoms. The number of rotatable bonds is 7. The van der Waals surface area contributed by atoms with Crippen LogP contribution in [0.5, 0.6) is 0 Å². The molecule has 1 amide bonds. The van der Waals surface area contributed by atoms with Gasteiger partial charge >= 0.3 is 0 Å². The molecule has 0 unspecified atom stereocenters. The van der Waals surface area contributed by atoms with Gasteiger partial charge in [0.15, 0.2) is 0 Å². The van der Waals surface area contributed by atoms with Crippen LogP contribution in [0.4, 0.5) is 11.4 Å². The van der Waals surface area contributed by atoms with Crippen molar-refractivity contribution >= 4 is 17.3 Å². The van der Waals surface area contributed by atoms with E-state index in [0.717, 1.165) is 22.6 Å². The maximum absolute atomic E-state index is 12.2. The van der Waals surface area contributed by atoms with Crippen LogP contribution in [0.15, 0.2) is 65.5 Å². The Labute approximate surface area is 170 Å². The van der Waals surface area contributed by atoms with Crippen LogP contribution in [0.25, 0.3) is 11.3 Å². The maximum atomic E-state index is 12.2. The Morgan fingerprint density at radius 2 is 1.69 bits per heavy atom. The number of aryl methyl sites for hydroxylation is 2. The van der Waals surface area contributed by atoms with Crippen LogP contribution in [0.2, 0.25) is 0 Å². The molecule has 1 aromatic heterocycles. The number of amides is 1. The van der Waals surface area contributed by atoms with E-state index in [-0.39, 0.29) is 11.5 Å². The Morgan fingerprint density at radius 3 is 2.34 bits per heavy atom. The lowest BCUT2D eigenvalue weighted by atomic mass is 10.1. The van der Waals surface area contributed by atoms with Crippen LogP contribution in [0, 0.1) is 6.92 Å². The van der Waals surface area contributed by atoms with Gasteiger partial charge in [-0.3, -0.25) is 9.59 Å². The molecule has 1 heterocycles. The Balaban J connectivity index is 1.57. The molecule has 2 aromatic carbocycles. The van der Waals surface area contributed by atoms with E-state index in [2.05, 4.69) is 10.4 Å². The van der Waals surface area contributed by atoms with Crippen molar-refractivity contribution in [2.75, 3.05) is 24.3 Å². The molecule has 0 saturated carbocycles. The number of carbonyl (C=O) groups excluding carboxylic acids is 1. The first-order valence-electron chi connectivity index (χ1n) is 9.65. The minimum absolute atomic E-state index is 0.0784. The van der Waals surface area contributed by atoms with Gasteiger partial charge in [-0.15, -0.1) is 0 Å². The van der Waals surface area contributed by atoms with Crippen molar-refractivity contribution in [3.63, 3.8) is 0 Å². The molecule has 0 aliphatic rings. The van der Waals surface area contributed by atoms with Crippen molar-refractivity contribution in [1.29, 1.82) is 0 Å². The Bertz CT molecular complexity index is 1020. The zero-order valence-electron chi connectivity index (χ0n) is 17.1. The highest BCUT2D eigenvalue weighted by Crippen LogP contribution is 2.17. The van der Waals surface area contributed by atoms with E-state index < -0.39 is 0 Å². The third-order valence-corrected chi connectivity index (χ3v) is 4.66. The normalized spacial score (nSPS) is 10.6. The van der Waals surface area contributed by atoms with Crippen molar-refractivity contribution in [2.45, 2.75) is 26.3 Å². The molecule has 3 rings (SSSR count). The Kier molecular flexibility index (Phi) is 6.44. The summed E-state index contributed by atoms with van der Waals surface area (Å²) in [4.78, 5) is 26.3. The zero-order chi connectivity index (χ0) is 20.8. The van der Waals surface area contributed by atoms with Gasteiger partial charge in [0.1, 0.15) is 0 Å². The zero-order valence-corrected chi connectivity index (χ0v) is 17.1. The summed E-state index contributed by atoms with van der Waals surface area (Å²) in [7, 11) is 3.94. The summed E-state index contributed by atoms with van der Waals surface area (Å²) < 4.78 is 1.42. The molecular weight excluding hydrogens is 364 g/mol. The van der Waals surface area contributed by atoms with Gasteiger partial charge in [0.05, 0.1) is 5.69 Å². The Morgan fingerprint density at radius 1 is 1.00 bits per heavy atom. The summed E-state index contributed by atoms with van der Waals surface area (Å²) in [6.45, 7) is 2.42. The second-order valence-corrected chi connectivity index (χ2v) is 7.24. The van der Waals surface area contributed by atoms with E-state index in [1.165, 1.54) is 16.3 Å². The van der Waals surface area contributed by atoms with E-state index in [1.807, 2.05) is 74.4 Å². The summed E-state index contributed by atoms with van der Waals surface area (Å²) in [6.07, 6.45) is 0.851. The highest BCUT2D eigenvalue weighted by atomic mass is 16.1. The van der Waals surface area contributed by atoms with Crippen molar-refractivity contribution in [1.82, 2.24) is 9.78 Å². The largest absolute Gasteiger partial charge is 0.378 e. The molecule has 0 bridgehead atoms. The van der Waals surface area contributed by atoms with E-state index in [9.17, 15) is 9.59 Å². The van der Waals surface area contributed by atoms with E-state index >= 15 is 0 Å². The van der Waals surface area contributed by atoms with Crippen molar-refractivity contribution < 1.29 is 4.79 Å². The molecule has 0 spiro atoms. The predicted octanol–water partition coefficient (Wildman–Crippen LogP) is 3.70. The molecular formula is C23H26N4O2. The summed E-state index contributed by atoms with van der Waals surface area (Å²) in [5, 5.41) is 7.33. The molecule has 0 radical (unpaired) electrons. The molecule has 0 fully saturated rings. The second kappa shape index (κ2) is 9.19. The Hall–Kier alpha value is -3.41. The van der Waals surface area contributed by atoms with Gasteiger partial charge in [0.25, 0.3) is 5.56 Å². The third kappa shape index (κ3) is 5.54. The molecule has 150 valence electrons. The molecule has 0 aliphatic carbocycles. The standard InChI is InChI=1S/C23H26N4O2/c1-17-6-8-18(9-7-17)21-14-15-23(29)27(25-21)16-4-5-22(28)24-19-10-12-20(13-11-19)26(2)3/h6-15H,4-5,16H2,1-3H3,(H,24,28). The fourth-order valence-electron chi connectivity index (χ4n) is 2.94. The van der Waals surface area contributed by atoms with Gasteiger partial charge in [0, 0.05) is 50.1 Å². The van der Waals surface area contributed by atoms with E-state index in [1.54, 1.807) is 6.07 Å². The second-order valence-electron chi connectivity index (χ2n) is 7.24. The fourth-order valence-corrected chi connectivity index (χ4v) is 2.94. The smallest absolute Gasteiger partial charge is 0.266 e. The lowest BCUT2D eigenvalue weighted by Crippen LogP contribution is -2.23. The predicted molar refractivity (Wildman–Crippen MR) is 117 cm³/mol. The molecule has 3 aromatic rings. The monoisotopic (exact) mass is 390 g/mol. The van der Waals surface area contributed by atoms with Crippen molar-refractivity contribution in [3.05, 3.63) is 76.6 Å². The highest BCUT2D eigenvalue weighted by molar-refractivity contribution is 5.90. The molecule has 0 atom stereocenters. The lowest BCUT2D eigenvalue weighted by molar-refractivity contribution is -0.116. The van der Waals surface area contributed by atoms with Gasteiger partial charge in [-0.2, -0.15) is 5.10 Å². The van der Waals surface area contributed by atoms with Gasteiger partial charge in [-0.25, -0.2) is 4.68 Å². The average molecular weight is 390 g/mol. The first kappa shape index (κ1) is 20.3. The number of benzene rings is 2. The van der Waals surface area contributed by atoms with Crippen LogP contribution in [-0.2, 0) is 11.3 Å². The fraction of sp³-hybridized carbons (Fsp3) is 0.261. The van der Waals surface area contributed by atoms with Crippen LogP contribution in [0.1, 0.15) is 18.4 Å². The molecule has 0 aliphatic heterocycles. The molecule has 0 saturated heterocycles. The van der Waals surface area contributed by atoms with Gasteiger partial charge in [-0.05, 0) is 43.7 Å². The first-order valence-corrected chi connectivity index (χ1v) is 9.65. The lowest BCUT2D eigenvalue weighted by Gasteiger charge is -2.13. The SMILES string of the molecule is Cc1ccc(-c2ccc(=O)n(CCCC(=O)Nc3ccc(N(C)C)cc3)n2)cc1. The van der Waals surface area contributed by atoms with Crippen molar-refractivity contribution in [2.24, 2.45) is 0 Å². The van der Waals surface area contributed by atoms with Gasteiger partial charge in [0.2, 0.25) is 5.91 Å². The molecule has 6 nitrogen and oxygen atoms in total. The third-order valence-electron chi connectivity index (χ3n) is 4.66. The maximum Gasteiger partial charge on any atom is 0.266 e. The van der Waals surface area contributed by atoms with Crippen LogP contribution in [0.3, 0.4) is 0 Å². The topological polar surface area (TPSA) is 67.2 Å². The number of hydrogen-bond acceptors (Lipinski definition) is 4. The molecule has 1 N–H and O–H groups in total. The number of hydrogen-bond donors (Lipinski definition) is 1. The van der Waals surface area contributed by atoms with Gasteiger partial charge in [-0.1, -0.05) is 29.8 Å². The molecule has 6 heteroatoms. The highest BCUT2D eigenvalue weighted by Gasteiger charge is 2.06.